The molecule has 0 heterocycles. The van der Waals surface area contributed by atoms with E-state index in [-0.39, 0.29) is 57.1 Å². The zero-order valence-electron chi connectivity index (χ0n) is 16.7. The normalized spacial score (nSPS) is 11.1. The van der Waals surface area contributed by atoms with Gasteiger partial charge < -0.3 is 9.84 Å². The number of hydrogen-bond acceptors (Lipinski definition) is 4. The average Bonchev–Trinajstić information content (AvgIpc) is 2.63. The molecule has 5 nitrogen and oxygen atoms in total. The molecule has 0 saturated heterocycles. The van der Waals surface area contributed by atoms with Crippen molar-refractivity contribution in [2.24, 2.45) is 0 Å². The van der Waals surface area contributed by atoms with E-state index in [0.717, 1.165) is 19.3 Å². The molecule has 28 heavy (non-hydrogen) atoms. The molecular weight excluding hydrogens is 403 g/mol. The van der Waals surface area contributed by atoms with Crippen molar-refractivity contribution >= 4 is 10.1 Å². The van der Waals surface area contributed by atoms with Crippen molar-refractivity contribution in [2.75, 3.05) is 0 Å². The maximum Gasteiger partial charge on any atom is 1.00 e. The van der Waals surface area contributed by atoms with E-state index < -0.39 is 20.8 Å². The van der Waals surface area contributed by atoms with Gasteiger partial charge in [-0.25, -0.2) is 0 Å². The van der Waals surface area contributed by atoms with Crippen molar-refractivity contribution in [3.05, 3.63) is 48.0 Å². The summed E-state index contributed by atoms with van der Waals surface area (Å²) in [5.41, 5.74) is 0.599. The van der Waals surface area contributed by atoms with Crippen LogP contribution in [-0.2, 0) is 16.5 Å². The Kier molecular flexibility index (Phi) is 11.9. The number of para-hydroxylation sites is 1. The van der Waals surface area contributed by atoms with E-state index in [2.05, 4.69) is 6.92 Å². The standard InChI is InChI=1S/C21H28O5S.K/c1-2-3-4-5-6-7-9-12-17-15-19(22)21(20(16-17)27(23,24)25)26-18-13-10-8-11-14-18;/h8,10-11,13-16,22H,2-7,9,12H2,1H3,(H,23,24,25);/q;+1/p-1. The summed E-state index contributed by atoms with van der Waals surface area (Å²) in [4.78, 5) is -0.475. The zero-order valence-corrected chi connectivity index (χ0v) is 20.6. The third-order valence-corrected chi connectivity index (χ3v) is 5.25. The molecule has 0 fully saturated rings. The first kappa shape index (κ1) is 25.6. The van der Waals surface area contributed by atoms with Crippen LogP contribution in [0.15, 0.2) is 47.4 Å². The molecule has 7 heteroatoms. The molecule has 0 unspecified atom stereocenters. The van der Waals surface area contributed by atoms with Crippen LogP contribution < -0.4 is 61.2 Å². The van der Waals surface area contributed by atoms with Gasteiger partial charge in [-0.05, 0) is 36.6 Å². The summed E-state index contributed by atoms with van der Waals surface area (Å²) in [7, 11) is -4.57. The van der Waals surface area contributed by atoms with Crippen molar-refractivity contribution in [3.63, 3.8) is 0 Å². The van der Waals surface area contributed by atoms with Crippen LogP contribution >= 0.6 is 0 Å². The summed E-state index contributed by atoms with van der Waals surface area (Å²) in [5.74, 6) is -0.585. The number of benzene rings is 2. The fraction of sp³-hybridized carbons (Fsp3) is 0.429. The van der Waals surface area contributed by atoms with Gasteiger partial charge in [0.2, 0.25) is 0 Å². The quantitative estimate of drug-likeness (QED) is 0.335. The van der Waals surface area contributed by atoms with Crippen LogP contribution in [0.25, 0.3) is 0 Å². The zero-order chi connectivity index (χ0) is 19.7. The summed E-state index contributed by atoms with van der Waals surface area (Å²) < 4.78 is 38.5. The largest absolute Gasteiger partial charge is 1.00 e. The predicted octanol–water partition coefficient (Wildman–Crippen LogP) is 2.10. The van der Waals surface area contributed by atoms with Crippen molar-refractivity contribution in [2.45, 2.75) is 63.2 Å². The molecule has 2 aromatic rings. The smallest absolute Gasteiger partial charge is 0.870 e. The number of rotatable bonds is 11. The third-order valence-electron chi connectivity index (χ3n) is 4.39. The van der Waals surface area contributed by atoms with Crippen LogP contribution in [0.4, 0.5) is 0 Å². The molecule has 1 N–H and O–H groups in total. The van der Waals surface area contributed by atoms with Crippen LogP contribution in [0, 0.1) is 0 Å². The van der Waals surface area contributed by atoms with E-state index in [1.54, 1.807) is 30.3 Å². The molecule has 0 aliphatic rings. The van der Waals surface area contributed by atoms with E-state index in [0.29, 0.717) is 17.7 Å². The third kappa shape index (κ3) is 8.53. The minimum Gasteiger partial charge on any atom is -0.870 e. The minimum absolute atomic E-state index is 0. The monoisotopic (exact) mass is 430 g/mol. The fourth-order valence-electron chi connectivity index (χ4n) is 2.96. The van der Waals surface area contributed by atoms with Gasteiger partial charge in [0.05, 0.1) is 0 Å². The van der Waals surface area contributed by atoms with E-state index in [4.69, 9.17) is 4.74 Å². The van der Waals surface area contributed by atoms with Crippen LogP contribution in [0.2, 0.25) is 0 Å². The van der Waals surface area contributed by atoms with Crippen molar-refractivity contribution < 1.29 is 74.2 Å². The second kappa shape index (κ2) is 13.0. The average molecular weight is 431 g/mol. The first-order valence-electron chi connectivity index (χ1n) is 9.46. The maximum absolute atomic E-state index is 12.4. The number of aryl methyl sites for hydroxylation is 1. The molecule has 0 amide bonds. The summed E-state index contributed by atoms with van der Waals surface area (Å²) in [5, 5.41) is 12.4. The number of hydrogen-bond donors (Lipinski definition) is 1. The Morgan fingerprint density at radius 3 is 2.18 bits per heavy atom. The van der Waals surface area contributed by atoms with Gasteiger partial charge in [-0.15, -0.1) is 0 Å². The summed E-state index contributed by atoms with van der Waals surface area (Å²) in [6.45, 7) is 2.18. The number of ether oxygens (including phenoxy) is 1. The molecular formula is C21H27KO5S. The minimum atomic E-state index is -4.57. The topological polar surface area (TPSA) is 86.7 Å². The molecule has 2 aromatic carbocycles. The molecule has 0 aliphatic carbocycles. The summed E-state index contributed by atoms with van der Waals surface area (Å²) in [6.07, 6.45) is 8.52. The van der Waals surface area contributed by atoms with Gasteiger partial charge in [-0.1, -0.05) is 75.5 Å². The molecule has 0 radical (unpaired) electrons. The Morgan fingerprint density at radius 1 is 0.964 bits per heavy atom. The molecule has 0 aromatic heterocycles. The Hall–Kier alpha value is -0.414. The number of unbranched alkanes of at least 4 members (excludes halogenated alkanes) is 6. The van der Waals surface area contributed by atoms with E-state index in [9.17, 15) is 18.1 Å². The molecule has 0 atom stereocenters. The van der Waals surface area contributed by atoms with Gasteiger partial charge in [0.15, 0.2) is 0 Å². The van der Waals surface area contributed by atoms with Crippen molar-refractivity contribution in [1.82, 2.24) is 0 Å². The van der Waals surface area contributed by atoms with Gasteiger partial charge in [-0.2, -0.15) is 8.42 Å². The van der Waals surface area contributed by atoms with E-state index in [1.165, 1.54) is 37.8 Å². The fourth-order valence-corrected chi connectivity index (χ4v) is 3.64. The maximum atomic E-state index is 12.4. The van der Waals surface area contributed by atoms with Gasteiger partial charge in [-0.3, -0.25) is 4.55 Å². The van der Waals surface area contributed by atoms with Crippen LogP contribution in [0.1, 0.15) is 57.4 Å². The van der Waals surface area contributed by atoms with Crippen molar-refractivity contribution in [3.8, 4) is 17.2 Å². The van der Waals surface area contributed by atoms with Gasteiger partial charge in [0.1, 0.15) is 16.4 Å². The first-order chi connectivity index (χ1) is 12.9. The van der Waals surface area contributed by atoms with E-state index in [1.807, 2.05) is 0 Å². The van der Waals surface area contributed by atoms with Gasteiger partial charge >= 0.3 is 51.4 Å². The van der Waals surface area contributed by atoms with Gasteiger partial charge in [0.25, 0.3) is 10.1 Å². The molecule has 0 bridgehead atoms. The Morgan fingerprint density at radius 2 is 1.57 bits per heavy atom. The van der Waals surface area contributed by atoms with Crippen LogP contribution in [-0.4, -0.2) is 13.0 Å². The SMILES string of the molecule is CCCCCCCCCc1cc([O-])c(Oc2ccccc2)c(S(=O)(=O)O)c1.[K+]. The van der Waals surface area contributed by atoms with Crippen molar-refractivity contribution in [1.29, 1.82) is 0 Å². The van der Waals surface area contributed by atoms with Crippen LogP contribution in [0.3, 0.4) is 0 Å². The molecule has 2 rings (SSSR count). The Bertz CT molecular complexity index is 822. The predicted molar refractivity (Wildman–Crippen MR) is 104 cm³/mol. The molecule has 148 valence electrons. The summed E-state index contributed by atoms with van der Waals surface area (Å²) in [6, 6.07) is 11.2. The molecule has 0 saturated carbocycles. The summed E-state index contributed by atoms with van der Waals surface area (Å²) >= 11 is 0. The molecule has 0 spiro atoms. The Labute approximate surface area is 210 Å². The second-order valence-electron chi connectivity index (χ2n) is 6.68. The van der Waals surface area contributed by atoms with Gasteiger partial charge in [0, 0.05) is 0 Å². The second-order valence-corrected chi connectivity index (χ2v) is 8.07. The van der Waals surface area contributed by atoms with Crippen LogP contribution in [0.5, 0.6) is 17.2 Å². The first-order valence-corrected chi connectivity index (χ1v) is 10.9. The molecule has 0 aliphatic heterocycles. The Balaban J connectivity index is 0.00000392. The van der Waals surface area contributed by atoms with E-state index >= 15 is 0 Å².